The van der Waals surface area contributed by atoms with Gasteiger partial charge in [-0.25, -0.2) is 4.79 Å². The number of allylic oxidation sites excluding steroid dienone is 1. The third-order valence-electron chi connectivity index (χ3n) is 5.53. The number of carbonyl (C=O) groups is 3. The van der Waals surface area contributed by atoms with Crippen molar-refractivity contribution >= 4 is 24.0 Å². The minimum atomic E-state index is -1.54. The van der Waals surface area contributed by atoms with Crippen LogP contribution in [0.15, 0.2) is 66.7 Å². The van der Waals surface area contributed by atoms with Crippen molar-refractivity contribution < 1.29 is 28.6 Å². The molecule has 3 rings (SSSR count). The molecule has 1 fully saturated rings. The molecule has 0 aliphatic carbocycles. The molecule has 0 radical (unpaired) electrons. The highest BCUT2D eigenvalue weighted by atomic mass is 16.8. The van der Waals surface area contributed by atoms with Crippen LogP contribution in [0.2, 0.25) is 0 Å². The maximum atomic E-state index is 13.4. The lowest BCUT2D eigenvalue weighted by atomic mass is 9.74. The van der Waals surface area contributed by atoms with Gasteiger partial charge in [-0.15, -0.1) is 0 Å². The van der Waals surface area contributed by atoms with Crippen molar-refractivity contribution in [2.75, 3.05) is 0 Å². The van der Waals surface area contributed by atoms with Gasteiger partial charge >= 0.3 is 12.1 Å². The van der Waals surface area contributed by atoms with Gasteiger partial charge in [-0.05, 0) is 45.2 Å². The SMILES string of the molecule is CC(=O)[C@](C/C=C/c1ccccc1)(C[C@H]1OC(=O)O[C@@H]1c1ccccc1)C(=O)OC(C)(C)C. The van der Waals surface area contributed by atoms with Crippen LogP contribution < -0.4 is 0 Å². The second-order valence-electron chi connectivity index (χ2n) is 9.22. The lowest BCUT2D eigenvalue weighted by Crippen LogP contribution is -2.45. The first-order chi connectivity index (χ1) is 15.6. The molecule has 1 aliphatic rings. The molecule has 0 aromatic heterocycles. The Morgan fingerprint density at radius 1 is 0.970 bits per heavy atom. The second kappa shape index (κ2) is 10.0. The highest BCUT2D eigenvalue weighted by Crippen LogP contribution is 2.41. The van der Waals surface area contributed by atoms with E-state index in [1.54, 1.807) is 26.8 Å². The minimum Gasteiger partial charge on any atom is -0.459 e. The summed E-state index contributed by atoms with van der Waals surface area (Å²) in [5, 5.41) is 0. The van der Waals surface area contributed by atoms with Gasteiger partial charge < -0.3 is 14.2 Å². The van der Waals surface area contributed by atoms with Crippen LogP contribution in [-0.2, 0) is 23.8 Å². The summed E-state index contributed by atoms with van der Waals surface area (Å²) in [5.74, 6) is -1.00. The van der Waals surface area contributed by atoms with Gasteiger partial charge in [0, 0.05) is 6.42 Å². The molecule has 33 heavy (non-hydrogen) atoms. The summed E-state index contributed by atoms with van der Waals surface area (Å²) in [4.78, 5) is 38.5. The van der Waals surface area contributed by atoms with Crippen molar-refractivity contribution in [2.45, 2.75) is 58.3 Å². The average Bonchev–Trinajstić information content (AvgIpc) is 3.13. The topological polar surface area (TPSA) is 78.9 Å². The van der Waals surface area contributed by atoms with Gasteiger partial charge in [-0.2, -0.15) is 0 Å². The van der Waals surface area contributed by atoms with E-state index in [1.807, 2.05) is 66.7 Å². The molecule has 2 aromatic carbocycles. The molecule has 0 saturated carbocycles. The Kier molecular flexibility index (Phi) is 7.36. The first-order valence-electron chi connectivity index (χ1n) is 11.0. The maximum Gasteiger partial charge on any atom is 0.509 e. The monoisotopic (exact) mass is 450 g/mol. The van der Waals surface area contributed by atoms with E-state index in [0.29, 0.717) is 0 Å². The predicted molar refractivity (Wildman–Crippen MR) is 124 cm³/mol. The largest absolute Gasteiger partial charge is 0.509 e. The number of hydrogen-bond acceptors (Lipinski definition) is 6. The van der Waals surface area contributed by atoms with E-state index in [9.17, 15) is 14.4 Å². The number of hydrogen-bond donors (Lipinski definition) is 0. The summed E-state index contributed by atoms with van der Waals surface area (Å²) < 4.78 is 16.5. The average molecular weight is 451 g/mol. The number of Topliss-reactive ketones (excluding diaryl/α,β-unsaturated/α-hetero) is 1. The molecule has 0 amide bonds. The Morgan fingerprint density at radius 3 is 2.15 bits per heavy atom. The summed E-state index contributed by atoms with van der Waals surface area (Å²) in [6.45, 7) is 6.62. The number of esters is 1. The van der Waals surface area contributed by atoms with Gasteiger partial charge in [0.25, 0.3) is 0 Å². The van der Waals surface area contributed by atoms with Crippen LogP contribution in [0, 0.1) is 5.41 Å². The lowest BCUT2D eigenvalue weighted by molar-refractivity contribution is -0.172. The van der Waals surface area contributed by atoms with Crippen molar-refractivity contribution in [3.63, 3.8) is 0 Å². The van der Waals surface area contributed by atoms with Crippen molar-refractivity contribution in [1.29, 1.82) is 0 Å². The third-order valence-corrected chi connectivity index (χ3v) is 5.53. The van der Waals surface area contributed by atoms with E-state index >= 15 is 0 Å². The van der Waals surface area contributed by atoms with Crippen molar-refractivity contribution in [3.8, 4) is 0 Å². The molecular weight excluding hydrogens is 420 g/mol. The minimum absolute atomic E-state index is 0.0539. The highest BCUT2D eigenvalue weighted by molar-refractivity contribution is 6.03. The quantitative estimate of drug-likeness (QED) is 0.381. The normalized spacial score (nSPS) is 20.1. The zero-order valence-corrected chi connectivity index (χ0v) is 19.4. The van der Waals surface area contributed by atoms with E-state index in [1.165, 1.54) is 6.92 Å². The van der Waals surface area contributed by atoms with E-state index in [2.05, 4.69) is 0 Å². The van der Waals surface area contributed by atoms with Crippen molar-refractivity contribution in [3.05, 3.63) is 77.9 Å². The standard InChI is InChI=1S/C27H30O6/c1-19(28)27(24(29)33-26(2,3)4,17-11-14-20-12-7-5-8-13-20)18-22-23(32-25(30)31-22)21-15-9-6-10-16-21/h5-16,22-23H,17-18H2,1-4H3/b14-11+/t22-,23-,27+/m1/s1. The van der Waals surface area contributed by atoms with Gasteiger partial charge in [0.2, 0.25) is 0 Å². The van der Waals surface area contributed by atoms with Gasteiger partial charge in [0.15, 0.2) is 6.10 Å². The van der Waals surface area contributed by atoms with Gasteiger partial charge in [-0.1, -0.05) is 72.8 Å². The first-order valence-corrected chi connectivity index (χ1v) is 11.0. The number of cyclic esters (lactones) is 2. The van der Waals surface area contributed by atoms with Crippen LogP contribution in [0.1, 0.15) is 57.8 Å². The predicted octanol–water partition coefficient (Wildman–Crippen LogP) is 5.67. The zero-order chi connectivity index (χ0) is 24.1. The van der Waals surface area contributed by atoms with Crippen LogP contribution >= 0.6 is 0 Å². The fraction of sp³-hybridized carbons (Fsp3) is 0.370. The molecule has 0 unspecified atom stereocenters. The molecule has 3 atom stereocenters. The van der Waals surface area contributed by atoms with Crippen LogP contribution in [0.5, 0.6) is 0 Å². The molecule has 2 aromatic rings. The lowest BCUT2D eigenvalue weighted by Gasteiger charge is -2.33. The van der Waals surface area contributed by atoms with Gasteiger partial charge in [0.1, 0.15) is 22.9 Å². The van der Waals surface area contributed by atoms with Crippen molar-refractivity contribution in [1.82, 2.24) is 0 Å². The van der Waals surface area contributed by atoms with Gasteiger partial charge in [-0.3, -0.25) is 9.59 Å². The smallest absolute Gasteiger partial charge is 0.459 e. The third kappa shape index (κ3) is 6.09. The molecule has 1 aliphatic heterocycles. The number of benzene rings is 2. The fourth-order valence-electron chi connectivity index (χ4n) is 3.83. The van der Waals surface area contributed by atoms with Crippen LogP contribution in [0.4, 0.5) is 4.79 Å². The van der Waals surface area contributed by atoms with E-state index in [4.69, 9.17) is 14.2 Å². The molecule has 6 heteroatoms. The molecule has 174 valence electrons. The molecule has 1 saturated heterocycles. The fourth-order valence-corrected chi connectivity index (χ4v) is 3.83. The second-order valence-corrected chi connectivity index (χ2v) is 9.22. The Balaban J connectivity index is 1.95. The van der Waals surface area contributed by atoms with Crippen LogP contribution in [0.25, 0.3) is 6.08 Å². The molecule has 1 heterocycles. The highest BCUT2D eigenvalue weighted by Gasteiger charge is 2.51. The number of carbonyl (C=O) groups excluding carboxylic acids is 3. The molecule has 0 bridgehead atoms. The molecule has 6 nitrogen and oxygen atoms in total. The van der Waals surface area contributed by atoms with E-state index in [0.717, 1.165) is 11.1 Å². The number of ketones is 1. The van der Waals surface area contributed by atoms with Crippen LogP contribution in [0.3, 0.4) is 0 Å². The summed E-state index contributed by atoms with van der Waals surface area (Å²) in [6, 6.07) is 18.7. The first kappa shape index (κ1) is 24.2. The van der Waals surface area contributed by atoms with Crippen LogP contribution in [-0.4, -0.2) is 29.6 Å². The van der Waals surface area contributed by atoms with E-state index in [-0.39, 0.29) is 18.6 Å². The summed E-state index contributed by atoms with van der Waals surface area (Å²) >= 11 is 0. The Hall–Kier alpha value is -3.41. The van der Waals surface area contributed by atoms with E-state index < -0.39 is 35.3 Å². The van der Waals surface area contributed by atoms with Gasteiger partial charge in [0.05, 0.1) is 0 Å². The Bertz CT molecular complexity index is 1010. The summed E-state index contributed by atoms with van der Waals surface area (Å²) in [5.41, 5.74) is -0.654. The number of ether oxygens (including phenoxy) is 3. The molecule has 0 spiro atoms. The maximum absolute atomic E-state index is 13.4. The summed E-state index contributed by atoms with van der Waals surface area (Å²) in [6.07, 6.45) is 1.32. The Labute approximate surface area is 194 Å². The zero-order valence-electron chi connectivity index (χ0n) is 19.4. The number of rotatable bonds is 8. The Morgan fingerprint density at radius 2 is 1.58 bits per heavy atom. The molecule has 0 N–H and O–H groups in total. The molecular formula is C27H30O6. The van der Waals surface area contributed by atoms with Crippen molar-refractivity contribution in [2.24, 2.45) is 5.41 Å². The summed E-state index contributed by atoms with van der Waals surface area (Å²) in [7, 11) is 0.